The van der Waals surface area contributed by atoms with Gasteiger partial charge in [0, 0.05) is 24.1 Å². The number of nitrogens with one attached hydrogen (secondary N) is 2. The van der Waals surface area contributed by atoms with E-state index in [1.807, 2.05) is 37.3 Å². The van der Waals surface area contributed by atoms with Gasteiger partial charge < -0.3 is 15.7 Å². The van der Waals surface area contributed by atoms with E-state index in [9.17, 15) is 4.79 Å². The number of hydrogen-bond donors (Lipinski definition) is 3. The van der Waals surface area contributed by atoms with Crippen LogP contribution in [0.15, 0.2) is 36.4 Å². The molecule has 1 aromatic heterocycles. The van der Waals surface area contributed by atoms with Crippen LogP contribution in [-0.4, -0.2) is 23.8 Å². The van der Waals surface area contributed by atoms with Crippen molar-refractivity contribution in [1.82, 2.24) is 10.6 Å². The molecule has 0 bridgehead atoms. The second-order valence-corrected chi connectivity index (χ2v) is 6.30. The molecule has 2 aromatic rings. The van der Waals surface area contributed by atoms with Crippen molar-refractivity contribution >= 4 is 17.4 Å². The topological polar surface area (TPSA) is 85.2 Å². The zero-order valence-corrected chi connectivity index (χ0v) is 13.7. The first-order chi connectivity index (χ1) is 11.1. The summed E-state index contributed by atoms with van der Waals surface area (Å²) in [6.45, 7) is 2.32. The molecule has 6 heteroatoms. The molecule has 0 radical (unpaired) electrons. The SMILES string of the molecule is C[C@H](CCO)NC(=O)NCc1cccc(-c2ccc(C#N)s2)c1. The van der Waals surface area contributed by atoms with Gasteiger partial charge >= 0.3 is 6.03 Å². The van der Waals surface area contributed by atoms with Gasteiger partial charge in [-0.05, 0) is 42.7 Å². The summed E-state index contributed by atoms with van der Waals surface area (Å²) in [5, 5.41) is 23.3. The Kier molecular flexibility index (Phi) is 6.15. The molecule has 0 aliphatic heterocycles. The lowest BCUT2D eigenvalue weighted by Crippen LogP contribution is -2.40. The quantitative estimate of drug-likeness (QED) is 0.762. The third kappa shape index (κ3) is 5.09. The minimum absolute atomic E-state index is 0.0506. The van der Waals surface area contributed by atoms with Crippen LogP contribution in [-0.2, 0) is 6.54 Å². The smallest absolute Gasteiger partial charge is 0.315 e. The van der Waals surface area contributed by atoms with Gasteiger partial charge in [0.1, 0.15) is 10.9 Å². The molecular weight excluding hydrogens is 310 g/mol. The van der Waals surface area contributed by atoms with E-state index in [2.05, 4.69) is 16.7 Å². The molecule has 0 aliphatic carbocycles. The monoisotopic (exact) mass is 329 g/mol. The predicted molar refractivity (Wildman–Crippen MR) is 91.0 cm³/mol. The molecule has 0 fully saturated rings. The minimum Gasteiger partial charge on any atom is -0.396 e. The number of carbonyl (C=O) groups is 1. The van der Waals surface area contributed by atoms with E-state index in [0.29, 0.717) is 17.8 Å². The number of aliphatic hydroxyl groups excluding tert-OH is 1. The maximum atomic E-state index is 11.8. The third-order valence-electron chi connectivity index (χ3n) is 3.32. The molecule has 1 aromatic carbocycles. The summed E-state index contributed by atoms with van der Waals surface area (Å²) in [6, 6.07) is 13.4. The summed E-state index contributed by atoms with van der Waals surface area (Å²) in [6.07, 6.45) is 0.530. The number of aliphatic hydroxyl groups is 1. The highest BCUT2D eigenvalue weighted by Crippen LogP contribution is 2.28. The Balaban J connectivity index is 1.95. The fraction of sp³-hybridized carbons (Fsp3) is 0.294. The van der Waals surface area contributed by atoms with Gasteiger partial charge in [0.15, 0.2) is 0 Å². The highest BCUT2D eigenvalue weighted by atomic mass is 32.1. The second kappa shape index (κ2) is 8.32. The first-order valence-electron chi connectivity index (χ1n) is 7.37. The average molecular weight is 329 g/mol. The van der Waals surface area contributed by atoms with Crippen LogP contribution in [0.25, 0.3) is 10.4 Å². The van der Waals surface area contributed by atoms with Crippen LogP contribution in [0.2, 0.25) is 0 Å². The van der Waals surface area contributed by atoms with Crippen LogP contribution >= 0.6 is 11.3 Å². The largest absolute Gasteiger partial charge is 0.396 e. The molecule has 0 aliphatic rings. The van der Waals surface area contributed by atoms with Crippen LogP contribution < -0.4 is 10.6 Å². The van der Waals surface area contributed by atoms with Crippen LogP contribution in [0.1, 0.15) is 23.8 Å². The summed E-state index contributed by atoms with van der Waals surface area (Å²) in [4.78, 5) is 13.5. The molecule has 0 spiro atoms. The molecule has 1 atom stereocenters. The highest BCUT2D eigenvalue weighted by Gasteiger charge is 2.07. The number of nitrogens with zero attached hydrogens (tertiary/aromatic N) is 1. The van der Waals surface area contributed by atoms with Crippen molar-refractivity contribution < 1.29 is 9.90 Å². The number of hydrogen-bond acceptors (Lipinski definition) is 4. The second-order valence-electron chi connectivity index (χ2n) is 5.22. The Morgan fingerprint density at radius 2 is 2.22 bits per heavy atom. The Hall–Kier alpha value is -2.36. The first-order valence-corrected chi connectivity index (χ1v) is 8.18. The highest BCUT2D eigenvalue weighted by molar-refractivity contribution is 7.16. The van der Waals surface area contributed by atoms with Crippen LogP contribution in [0.3, 0.4) is 0 Å². The third-order valence-corrected chi connectivity index (χ3v) is 4.36. The number of nitriles is 1. The van der Waals surface area contributed by atoms with E-state index in [0.717, 1.165) is 16.0 Å². The molecule has 120 valence electrons. The van der Waals surface area contributed by atoms with Gasteiger partial charge in [-0.2, -0.15) is 5.26 Å². The van der Waals surface area contributed by atoms with Crippen molar-refractivity contribution in [2.75, 3.05) is 6.61 Å². The van der Waals surface area contributed by atoms with Crippen molar-refractivity contribution in [3.63, 3.8) is 0 Å². The summed E-state index contributed by atoms with van der Waals surface area (Å²) in [5.74, 6) is 0. The predicted octanol–water partition coefficient (Wildman–Crippen LogP) is 2.86. The number of amides is 2. The van der Waals surface area contributed by atoms with Crippen molar-refractivity contribution in [3.05, 3.63) is 46.8 Å². The lowest BCUT2D eigenvalue weighted by molar-refractivity contribution is 0.230. The van der Waals surface area contributed by atoms with Gasteiger partial charge in [-0.3, -0.25) is 0 Å². The number of benzene rings is 1. The first kappa shape index (κ1) is 17.0. The van der Waals surface area contributed by atoms with Crippen LogP contribution in [0, 0.1) is 11.3 Å². The van der Waals surface area contributed by atoms with Gasteiger partial charge in [0.2, 0.25) is 0 Å². The molecule has 5 nitrogen and oxygen atoms in total. The molecule has 0 saturated carbocycles. The summed E-state index contributed by atoms with van der Waals surface area (Å²) >= 11 is 1.45. The lowest BCUT2D eigenvalue weighted by atomic mass is 10.1. The van der Waals surface area contributed by atoms with Crippen molar-refractivity contribution in [1.29, 1.82) is 5.26 Å². The van der Waals surface area contributed by atoms with E-state index in [1.54, 1.807) is 6.07 Å². The number of carbonyl (C=O) groups excluding carboxylic acids is 1. The van der Waals surface area contributed by atoms with Crippen molar-refractivity contribution in [2.24, 2.45) is 0 Å². The lowest BCUT2D eigenvalue weighted by Gasteiger charge is -2.13. The Morgan fingerprint density at radius 1 is 1.39 bits per heavy atom. The Morgan fingerprint density at radius 3 is 2.91 bits per heavy atom. The molecule has 0 unspecified atom stereocenters. The summed E-state index contributed by atoms with van der Waals surface area (Å²) < 4.78 is 0. The summed E-state index contributed by atoms with van der Waals surface area (Å²) in [5.41, 5.74) is 2.02. The van der Waals surface area contributed by atoms with E-state index < -0.39 is 0 Å². The molecule has 2 rings (SSSR count). The van der Waals surface area contributed by atoms with Gasteiger partial charge in [-0.1, -0.05) is 18.2 Å². The Bertz CT molecular complexity index is 706. The molecule has 1 heterocycles. The fourth-order valence-corrected chi connectivity index (χ4v) is 2.91. The molecule has 0 saturated heterocycles. The normalized spacial score (nSPS) is 11.5. The molecular formula is C17H19N3O2S. The van der Waals surface area contributed by atoms with E-state index in [1.165, 1.54) is 11.3 Å². The average Bonchev–Trinajstić information content (AvgIpc) is 3.02. The minimum atomic E-state index is -0.251. The molecule has 3 N–H and O–H groups in total. The van der Waals surface area contributed by atoms with E-state index in [-0.39, 0.29) is 18.7 Å². The summed E-state index contributed by atoms with van der Waals surface area (Å²) in [7, 11) is 0. The number of rotatable bonds is 6. The van der Waals surface area contributed by atoms with Crippen LogP contribution in [0.5, 0.6) is 0 Å². The van der Waals surface area contributed by atoms with E-state index >= 15 is 0 Å². The van der Waals surface area contributed by atoms with E-state index in [4.69, 9.17) is 10.4 Å². The Labute approximate surface area is 139 Å². The number of urea groups is 1. The van der Waals surface area contributed by atoms with Crippen molar-refractivity contribution in [3.8, 4) is 16.5 Å². The van der Waals surface area contributed by atoms with Gasteiger partial charge in [0.25, 0.3) is 0 Å². The fourth-order valence-electron chi connectivity index (χ4n) is 2.11. The van der Waals surface area contributed by atoms with Gasteiger partial charge in [-0.25, -0.2) is 4.79 Å². The standard InChI is InChI=1S/C17H19N3O2S/c1-12(7-8-21)20-17(22)19-11-13-3-2-4-14(9-13)16-6-5-15(10-18)23-16/h2-6,9,12,21H,7-8,11H2,1H3,(H2,19,20,22)/t12-/m1/s1. The maximum absolute atomic E-state index is 11.8. The van der Waals surface area contributed by atoms with Crippen LogP contribution in [0.4, 0.5) is 4.79 Å². The molecule has 2 amide bonds. The zero-order valence-electron chi connectivity index (χ0n) is 12.9. The van der Waals surface area contributed by atoms with Gasteiger partial charge in [0.05, 0.1) is 0 Å². The maximum Gasteiger partial charge on any atom is 0.315 e. The zero-order chi connectivity index (χ0) is 16.7. The van der Waals surface area contributed by atoms with Gasteiger partial charge in [-0.15, -0.1) is 11.3 Å². The number of thiophene rings is 1. The molecule has 23 heavy (non-hydrogen) atoms. The van der Waals surface area contributed by atoms with Crippen molar-refractivity contribution in [2.45, 2.75) is 25.9 Å².